The molecular formula is C15H12BrN3O4. The lowest BCUT2D eigenvalue weighted by Gasteiger charge is -2.08. The Hall–Kier alpha value is -2.48. The molecule has 1 aromatic carbocycles. The molecule has 1 N–H and O–H groups in total. The van der Waals surface area contributed by atoms with E-state index in [9.17, 15) is 14.9 Å². The molecule has 1 aromatic heterocycles. The highest BCUT2D eigenvalue weighted by Crippen LogP contribution is 2.32. The van der Waals surface area contributed by atoms with Crippen LogP contribution in [-0.2, 0) is 0 Å². The molecule has 1 heterocycles. The number of anilines is 1. The molecule has 3 rings (SSSR count). The minimum atomic E-state index is -0.681. The summed E-state index contributed by atoms with van der Waals surface area (Å²) in [6.45, 7) is 0. The Morgan fingerprint density at radius 2 is 2.17 bits per heavy atom. The van der Waals surface area contributed by atoms with Crippen molar-refractivity contribution in [1.29, 1.82) is 0 Å². The number of nitro benzene ring substituents is 1. The number of nitrogens with one attached hydrogen (secondary N) is 1. The number of carbonyl (C=O) groups excluding carboxylic acids is 1. The summed E-state index contributed by atoms with van der Waals surface area (Å²) < 4.78 is 5.59. The fourth-order valence-corrected chi connectivity index (χ4v) is 2.32. The van der Waals surface area contributed by atoms with Crippen LogP contribution in [0.3, 0.4) is 0 Å². The van der Waals surface area contributed by atoms with Crippen LogP contribution in [0.15, 0.2) is 41.1 Å². The molecule has 8 heteroatoms. The quantitative estimate of drug-likeness (QED) is 0.370. The summed E-state index contributed by atoms with van der Waals surface area (Å²) in [5.41, 5.74) is 0.377. The van der Waals surface area contributed by atoms with Crippen LogP contribution in [0.1, 0.15) is 23.2 Å². The van der Waals surface area contributed by atoms with Gasteiger partial charge in [0.25, 0.3) is 5.69 Å². The van der Waals surface area contributed by atoms with E-state index < -0.39 is 10.9 Å². The van der Waals surface area contributed by atoms with Crippen molar-refractivity contribution in [1.82, 2.24) is 4.98 Å². The first-order chi connectivity index (χ1) is 11.0. The monoisotopic (exact) mass is 377 g/mol. The summed E-state index contributed by atoms with van der Waals surface area (Å²) in [5.74, 6) is -0.430. The van der Waals surface area contributed by atoms with Crippen LogP contribution in [0, 0.1) is 10.1 Å². The number of nitrogens with zero attached hydrogens (tertiary/aromatic N) is 2. The fraction of sp³-hybridized carbons (Fsp3) is 0.200. The summed E-state index contributed by atoms with van der Waals surface area (Å²) in [4.78, 5) is 26.8. The van der Waals surface area contributed by atoms with E-state index in [1.165, 1.54) is 18.2 Å². The van der Waals surface area contributed by atoms with Crippen molar-refractivity contribution in [3.05, 3.63) is 56.8 Å². The van der Waals surface area contributed by atoms with Crippen LogP contribution < -0.4 is 10.1 Å². The molecule has 0 saturated heterocycles. The molecule has 0 atom stereocenters. The van der Waals surface area contributed by atoms with Gasteiger partial charge in [-0.2, -0.15) is 0 Å². The predicted octanol–water partition coefficient (Wildman–Crippen LogP) is 3.55. The number of pyridine rings is 1. The number of hydrogen-bond donors (Lipinski definition) is 1. The van der Waals surface area contributed by atoms with E-state index in [0.29, 0.717) is 10.3 Å². The van der Waals surface area contributed by atoms with Crippen molar-refractivity contribution >= 4 is 33.3 Å². The van der Waals surface area contributed by atoms with E-state index in [0.717, 1.165) is 12.8 Å². The van der Waals surface area contributed by atoms with Crippen molar-refractivity contribution in [2.75, 3.05) is 5.32 Å². The molecule has 0 amide bonds. The average molecular weight is 378 g/mol. The predicted molar refractivity (Wildman–Crippen MR) is 86.6 cm³/mol. The largest absolute Gasteiger partial charge is 0.420 e. The van der Waals surface area contributed by atoms with Gasteiger partial charge in [0.2, 0.25) is 0 Å². The van der Waals surface area contributed by atoms with Crippen molar-refractivity contribution in [3.63, 3.8) is 0 Å². The van der Waals surface area contributed by atoms with Crippen molar-refractivity contribution in [2.24, 2.45) is 0 Å². The summed E-state index contributed by atoms with van der Waals surface area (Å²) >= 11 is 3.17. The fourth-order valence-electron chi connectivity index (χ4n) is 1.99. The second kappa shape index (κ2) is 6.33. The van der Waals surface area contributed by atoms with Crippen LogP contribution in [0.25, 0.3) is 0 Å². The Morgan fingerprint density at radius 1 is 1.39 bits per heavy atom. The van der Waals surface area contributed by atoms with Gasteiger partial charge in [-0.25, -0.2) is 9.78 Å². The summed E-state index contributed by atoms with van der Waals surface area (Å²) in [6, 6.07) is 7.73. The van der Waals surface area contributed by atoms with Gasteiger partial charge in [-0.05, 0) is 53.0 Å². The zero-order valence-corrected chi connectivity index (χ0v) is 13.4. The smallest absolute Gasteiger partial charge is 0.343 e. The standard InChI is InChI=1S/C15H12BrN3O4/c16-14-13(2-1-7-17-14)23-15(20)9-3-6-11(18-10-4-5-10)12(8-9)19(21)22/h1-3,6-8,10,18H,4-5H2. The van der Waals surface area contributed by atoms with Crippen LogP contribution >= 0.6 is 15.9 Å². The number of esters is 1. The highest BCUT2D eigenvalue weighted by Gasteiger charge is 2.26. The molecule has 0 unspecified atom stereocenters. The van der Waals surface area contributed by atoms with E-state index >= 15 is 0 Å². The first kappa shape index (κ1) is 15.4. The number of benzene rings is 1. The van der Waals surface area contributed by atoms with Crippen LogP contribution in [-0.4, -0.2) is 21.9 Å². The minimum absolute atomic E-state index is 0.105. The molecule has 1 aliphatic carbocycles. The maximum Gasteiger partial charge on any atom is 0.343 e. The Kier molecular flexibility index (Phi) is 4.24. The number of carbonyl (C=O) groups is 1. The Balaban J connectivity index is 1.84. The second-order valence-corrected chi connectivity index (χ2v) is 5.84. The number of aromatic nitrogens is 1. The molecule has 23 heavy (non-hydrogen) atoms. The van der Waals surface area contributed by atoms with E-state index in [2.05, 4.69) is 26.2 Å². The van der Waals surface area contributed by atoms with Gasteiger partial charge in [0.1, 0.15) is 10.3 Å². The van der Waals surface area contributed by atoms with Crippen molar-refractivity contribution in [2.45, 2.75) is 18.9 Å². The zero-order chi connectivity index (χ0) is 16.4. The van der Waals surface area contributed by atoms with E-state index in [4.69, 9.17) is 4.74 Å². The van der Waals surface area contributed by atoms with Crippen LogP contribution in [0.4, 0.5) is 11.4 Å². The van der Waals surface area contributed by atoms with Crippen LogP contribution in [0.2, 0.25) is 0 Å². The number of nitro groups is 1. The highest BCUT2D eigenvalue weighted by molar-refractivity contribution is 9.10. The lowest BCUT2D eigenvalue weighted by atomic mass is 10.1. The summed E-state index contributed by atoms with van der Waals surface area (Å²) in [5, 5.41) is 14.3. The molecule has 0 aliphatic heterocycles. The molecule has 0 bridgehead atoms. The van der Waals surface area contributed by atoms with Gasteiger partial charge in [0.15, 0.2) is 5.75 Å². The third-order valence-electron chi connectivity index (χ3n) is 3.29. The minimum Gasteiger partial charge on any atom is -0.420 e. The third-order valence-corrected chi connectivity index (χ3v) is 3.89. The number of hydrogen-bond acceptors (Lipinski definition) is 6. The molecule has 1 aliphatic rings. The molecule has 0 spiro atoms. The first-order valence-electron chi connectivity index (χ1n) is 6.92. The Morgan fingerprint density at radius 3 is 2.83 bits per heavy atom. The van der Waals surface area contributed by atoms with E-state index in [1.54, 1.807) is 18.3 Å². The third kappa shape index (κ3) is 3.65. The Bertz CT molecular complexity index is 777. The normalized spacial score (nSPS) is 13.4. The summed E-state index contributed by atoms with van der Waals surface area (Å²) in [7, 11) is 0. The van der Waals surface area contributed by atoms with Gasteiger partial charge < -0.3 is 10.1 Å². The average Bonchev–Trinajstić information content (AvgIpc) is 3.33. The second-order valence-electron chi connectivity index (χ2n) is 5.09. The SMILES string of the molecule is O=C(Oc1cccnc1Br)c1ccc(NC2CC2)c([N+](=O)[O-])c1. The van der Waals surface area contributed by atoms with Crippen LogP contribution in [0.5, 0.6) is 5.75 Å². The van der Waals surface area contributed by atoms with Gasteiger partial charge in [0, 0.05) is 18.3 Å². The molecule has 2 aromatic rings. The van der Waals surface area contributed by atoms with Crippen molar-refractivity contribution in [3.8, 4) is 5.75 Å². The van der Waals surface area contributed by atoms with E-state index in [1.807, 2.05) is 0 Å². The maximum absolute atomic E-state index is 12.2. The molecule has 1 fully saturated rings. The Labute approximate surface area is 140 Å². The lowest BCUT2D eigenvalue weighted by Crippen LogP contribution is -2.11. The molecular weight excluding hydrogens is 366 g/mol. The zero-order valence-electron chi connectivity index (χ0n) is 11.9. The maximum atomic E-state index is 12.2. The van der Waals surface area contributed by atoms with Crippen molar-refractivity contribution < 1.29 is 14.5 Å². The number of ether oxygens (including phenoxy) is 1. The van der Waals surface area contributed by atoms with Gasteiger partial charge >= 0.3 is 5.97 Å². The highest BCUT2D eigenvalue weighted by atomic mass is 79.9. The van der Waals surface area contributed by atoms with Gasteiger partial charge in [-0.3, -0.25) is 10.1 Å². The van der Waals surface area contributed by atoms with Gasteiger partial charge in [-0.1, -0.05) is 0 Å². The van der Waals surface area contributed by atoms with Gasteiger partial charge in [0.05, 0.1) is 10.5 Å². The molecule has 1 saturated carbocycles. The molecule has 0 radical (unpaired) electrons. The molecule has 118 valence electrons. The number of rotatable bonds is 5. The number of halogens is 1. The van der Waals surface area contributed by atoms with Gasteiger partial charge in [-0.15, -0.1) is 0 Å². The lowest BCUT2D eigenvalue weighted by molar-refractivity contribution is -0.384. The first-order valence-corrected chi connectivity index (χ1v) is 7.71. The molecule has 7 nitrogen and oxygen atoms in total. The summed E-state index contributed by atoms with van der Waals surface area (Å²) in [6.07, 6.45) is 3.54. The topological polar surface area (TPSA) is 94.4 Å². The van der Waals surface area contributed by atoms with E-state index in [-0.39, 0.29) is 23.0 Å².